The third-order valence-electron chi connectivity index (χ3n) is 17.1. The Hall–Kier alpha value is -9.11. The topological polar surface area (TPSA) is 21.6 Å². The van der Waals surface area contributed by atoms with Gasteiger partial charge in [-0.3, -0.25) is 4.99 Å². The third kappa shape index (κ3) is 6.17. The molecule has 0 saturated carbocycles. The summed E-state index contributed by atoms with van der Waals surface area (Å²) in [5.41, 5.74) is 22.3. The lowest BCUT2D eigenvalue weighted by Crippen LogP contribution is -2.45. The van der Waals surface area contributed by atoms with E-state index < -0.39 is 10.8 Å². The number of hydrogen-bond acceptors (Lipinski definition) is 2. The van der Waals surface area contributed by atoms with Crippen LogP contribution >= 0.6 is 0 Å². The molecular weight excluding hydrogens is 907 g/mol. The molecule has 0 bridgehead atoms. The quantitative estimate of drug-likeness (QED) is 0.163. The number of ether oxygens (including phenoxy) is 1. The van der Waals surface area contributed by atoms with Gasteiger partial charge in [-0.15, -0.1) is 0 Å². The molecule has 2 heterocycles. The maximum absolute atomic E-state index is 6.77. The van der Waals surface area contributed by atoms with Crippen LogP contribution in [0, 0.1) is 5.92 Å². The van der Waals surface area contributed by atoms with Crippen molar-refractivity contribution in [3.8, 4) is 44.9 Å². The molecule has 0 fully saturated rings. The van der Waals surface area contributed by atoms with E-state index in [2.05, 4.69) is 274 Å². The molecule has 0 amide bonds. The Bertz CT molecular complexity index is 4070. The average Bonchev–Trinajstić information content (AvgIpc) is 3.83. The van der Waals surface area contributed by atoms with Crippen LogP contribution in [0.1, 0.15) is 80.6 Å². The van der Waals surface area contributed by atoms with Gasteiger partial charge in [0.1, 0.15) is 11.5 Å². The van der Waals surface area contributed by atoms with Crippen molar-refractivity contribution in [3.63, 3.8) is 0 Å². The number of hydrogen-bond donors (Lipinski definition) is 0. The minimum absolute atomic E-state index is 0.0667. The van der Waals surface area contributed by atoms with Crippen molar-refractivity contribution in [2.45, 2.75) is 30.2 Å². The highest BCUT2D eigenvalue weighted by atomic mass is 16.5. The fraction of sp³-hybridized carbons (Fsp3) is 0.0822. The van der Waals surface area contributed by atoms with Crippen LogP contribution < -0.4 is 4.74 Å². The molecule has 2 heteroatoms. The largest absolute Gasteiger partial charge is 0.457 e. The minimum Gasteiger partial charge on any atom is -0.457 e. The van der Waals surface area contributed by atoms with E-state index in [1.165, 1.54) is 105 Å². The molecule has 4 aliphatic rings. The zero-order valence-electron chi connectivity index (χ0n) is 41.6. The summed E-state index contributed by atoms with van der Waals surface area (Å²) in [6.07, 6.45) is 3.36. The Labute approximate surface area is 438 Å². The Morgan fingerprint density at radius 2 is 0.827 bits per heavy atom. The van der Waals surface area contributed by atoms with E-state index in [9.17, 15) is 0 Å². The molecule has 0 N–H and O–H groups in total. The van der Waals surface area contributed by atoms with Crippen molar-refractivity contribution in [1.29, 1.82) is 0 Å². The molecular formula is C73H51NO. The molecule has 2 atom stereocenters. The fourth-order valence-corrected chi connectivity index (χ4v) is 14.1. The van der Waals surface area contributed by atoms with E-state index in [1.54, 1.807) is 0 Å². The highest BCUT2D eigenvalue weighted by Gasteiger charge is 2.58. The maximum Gasteiger partial charge on any atom is 0.132 e. The van der Waals surface area contributed by atoms with Crippen LogP contribution in [0.3, 0.4) is 0 Å². The number of allylic oxidation sites excluding steroid dienone is 1. The van der Waals surface area contributed by atoms with Gasteiger partial charge in [0.05, 0.1) is 22.6 Å². The number of fused-ring (bicyclic) bond motifs is 16. The predicted octanol–water partition coefficient (Wildman–Crippen LogP) is 18.0. The van der Waals surface area contributed by atoms with E-state index in [1.807, 2.05) is 0 Å². The maximum atomic E-state index is 6.77. The summed E-state index contributed by atoms with van der Waals surface area (Å²) in [4.78, 5) is 5.75. The van der Waals surface area contributed by atoms with Crippen molar-refractivity contribution < 1.29 is 4.74 Å². The van der Waals surface area contributed by atoms with E-state index >= 15 is 0 Å². The fourth-order valence-electron chi connectivity index (χ4n) is 14.1. The summed E-state index contributed by atoms with van der Waals surface area (Å²) in [5, 5.41) is 2.43. The van der Waals surface area contributed by atoms with E-state index in [-0.39, 0.29) is 12.0 Å². The summed E-state index contributed by atoms with van der Waals surface area (Å²) in [6.45, 7) is 2.33. The van der Waals surface area contributed by atoms with Gasteiger partial charge in [-0.25, -0.2) is 0 Å². The van der Waals surface area contributed by atoms with Gasteiger partial charge in [0.15, 0.2) is 0 Å². The second-order valence-electron chi connectivity index (χ2n) is 20.6. The molecule has 75 heavy (non-hydrogen) atoms. The van der Waals surface area contributed by atoms with Gasteiger partial charge < -0.3 is 4.74 Å². The number of dihydropyridines is 1. The first kappa shape index (κ1) is 43.5. The van der Waals surface area contributed by atoms with Crippen LogP contribution in [-0.2, 0) is 10.8 Å². The molecule has 11 aromatic carbocycles. The van der Waals surface area contributed by atoms with Gasteiger partial charge in [0.2, 0.25) is 0 Å². The molecule has 2 unspecified atom stereocenters. The lowest BCUT2D eigenvalue weighted by Gasteiger charge is -2.51. The Morgan fingerprint density at radius 3 is 1.45 bits per heavy atom. The van der Waals surface area contributed by atoms with Crippen LogP contribution in [0.4, 0.5) is 0 Å². The lowest BCUT2D eigenvalue weighted by atomic mass is 9.51. The van der Waals surface area contributed by atoms with Crippen LogP contribution in [0.5, 0.6) is 11.5 Å². The number of rotatable bonds is 6. The Kier molecular flexibility index (Phi) is 9.84. The van der Waals surface area contributed by atoms with Gasteiger partial charge in [-0.1, -0.05) is 250 Å². The van der Waals surface area contributed by atoms with E-state index in [0.29, 0.717) is 0 Å². The smallest absolute Gasteiger partial charge is 0.132 e. The molecule has 0 saturated heterocycles. The SMILES string of the molecule is CCC1C(c2ccccc2-c2ccc3c(c2)-c2ccccc2C32c3ccccc3C3(c4ccccc4Oc4ccccc43)c3ccccc32)=CC(c2ccc(-c3ccccc3)c3ccccc23)=NC1c1ccccc1. The summed E-state index contributed by atoms with van der Waals surface area (Å²) < 4.78 is 6.77. The first-order chi connectivity index (χ1) is 37.2. The first-order valence-corrected chi connectivity index (χ1v) is 26.5. The zero-order valence-corrected chi connectivity index (χ0v) is 41.6. The second-order valence-corrected chi connectivity index (χ2v) is 20.6. The highest BCUT2D eigenvalue weighted by molar-refractivity contribution is 6.21. The monoisotopic (exact) mass is 957 g/mol. The van der Waals surface area contributed by atoms with Crippen molar-refractivity contribution in [2.75, 3.05) is 0 Å². The van der Waals surface area contributed by atoms with Crippen molar-refractivity contribution in [3.05, 3.63) is 328 Å². The van der Waals surface area contributed by atoms with Crippen molar-refractivity contribution in [2.24, 2.45) is 10.9 Å². The van der Waals surface area contributed by atoms with Gasteiger partial charge >= 0.3 is 0 Å². The molecule has 2 aliphatic heterocycles. The standard InChI is InChI=1S/C73H51NO/c1-2-50-58(46-68(74-71(50)48-25-7-4-8-26-48)57-43-42-52(47-23-5-3-6-24-47)53-28-11-12-30-55(53)57)54-29-10-9-27-51(54)49-41-44-61-59(45-49)56-31-13-14-32-60(56)72(61)62-33-15-17-35-64(62)73(65-36-18-16-34-63(65)72)66-37-19-21-39-69(66)75-70-40-22-20-38-67(70)73/h3-46,50,71H,2H2,1H3. The summed E-state index contributed by atoms with van der Waals surface area (Å²) >= 11 is 0. The summed E-state index contributed by atoms with van der Waals surface area (Å²) in [7, 11) is 0. The van der Waals surface area contributed by atoms with Crippen LogP contribution in [0.25, 0.3) is 49.7 Å². The minimum atomic E-state index is -0.611. The van der Waals surface area contributed by atoms with Crippen LogP contribution in [0.15, 0.2) is 272 Å². The van der Waals surface area contributed by atoms with Gasteiger partial charge in [0, 0.05) is 22.6 Å². The second kappa shape index (κ2) is 17.0. The summed E-state index contributed by atoms with van der Waals surface area (Å²) in [5.74, 6) is 1.94. The Balaban J connectivity index is 0.932. The van der Waals surface area contributed by atoms with Crippen molar-refractivity contribution >= 4 is 22.1 Å². The van der Waals surface area contributed by atoms with Gasteiger partial charge in [-0.05, 0) is 125 Å². The predicted molar refractivity (Wildman–Crippen MR) is 308 cm³/mol. The number of nitrogens with zero attached hydrogens (tertiary/aromatic N) is 1. The normalized spacial score (nSPS) is 16.9. The molecule has 0 radical (unpaired) electrons. The van der Waals surface area contributed by atoms with E-state index in [4.69, 9.17) is 9.73 Å². The molecule has 354 valence electrons. The molecule has 0 aromatic heterocycles. The van der Waals surface area contributed by atoms with E-state index in [0.717, 1.165) is 29.2 Å². The van der Waals surface area contributed by atoms with Crippen LogP contribution in [0.2, 0.25) is 0 Å². The third-order valence-corrected chi connectivity index (χ3v) is 17.1. The number of benzene rings is 11. The first-order valence-electron chi connectivity index (χ1n) is 26.5. The van der Waals surface area contributed by atoms with Gasteiger partial charge in [0.25, 0.3) is 0 Å². The molecule has 15 rings (SSSR count). The molecule has 2 spiro atoms. The number of aliphatic imine (C=N–C) groups is 1. The summed E-state index contributed by atoms with van der Waals surface area (Å²) in [6, 6.07) is 96.6. The van der Waals surface area contributed by atoms with Crippen molar-refractivity contribution in [1.82, 2.24) is 0 Å². The van der Waals surface area contributed by atoms with Crippen LogP contribution in [-0.4, -0.2) is 5.71 Å². The zero-order chi connectivity index (χ0) is 49.7. The van der Waals surface area contributed by atoms with Gasteiger partial charge in [-0.2, -0.15) is 0 Å². The Morgan fingerprint density at radius 1 is 0.360 bits per heavy atom. The number of para-hydroxylation sites is 2. The molecule has 11 aromatic rings. The average molecular weight is 958 g/mol. The highest BCUT2D eigenvalue weighted by Crippen LogP contribution is 2.67. The lowest BCUT2D eigenvalue weighted by molar-refractivity contribution is 0.429. The molecule has 2 nitrogen and oxygen atoms in total. The molecule has 2 aliphatic carbocycles.